The molecule has 2 aromatic rings. The number of aromatic hydroxyl groups is 2. The Bertz CT molecular complexity index is 599. The van der Waals surface area contributed by atoms with Gasteiger partial charge in [-0.2, -0.15) is 0 Å². The first kappa shape index (κ1) is 13.7. The minimum Gasteiger partial charge on any atom is -0.508 e. The van der Waals surface area contributed by atoms with Gasteiger partial charge in [0.2, 0.25) is 0 Å². The minimum absolute atomic E-state index is 0.119. The van der Waals surface area contributed by atoms with Gasteiger partial charge in [0.25, 0.3) is 0 Å². The summed E-state index contributed by atoms with van der Waals surface area (Å²) in [4.78, 5) is 0. The molecule has 100 valence electrons. The van der Waals surface area contributed by atoms with Gasteiger partial charge in [-0.15, -0.1) is 0 Å². The Kier molecular flexibility index (Phi) is 4.00. The van der Waals surface area contributed by atoms with Gasteiger partial charge < -0.3 is 15.5 Å². The van der Waals surface area contributed by atoms with Crippen molar-refractivity contribution < 1.29 is 10.2 Å². The highest BCUT2D eigenvalue weighted by Crippen LogP contribution is 2.32. The number of nitrogens with one attached hydrogen (secondary N) is 1. The van der Waals surface area contributed by atoms with E-state index >= 15 is 0 Å². The van der Waals surface area contributed by atoms with Gasteiger partial charge in [-0.3, -0.25) is 0 Å². The van der Waals surface area contributed by atoms with Crippen LogP contribution >= 0.6 is 15.9 Å². The lowest BCUT2D eigenvalue weighted by Gasteiger charge is -2.18. The number of halogens is 1. The van der Waals surface area contributed by atoms with Crippen LogP contribution in [0.5, 0.6) is 11.5 Å². The summed E-state index contributed by atoms with van der Waals surface area (Å²) in [6.07, 6.45) is 0. The Hall–Kier alpha value is -1.68. The molecule has 0 amide bonds. The molecule has 0 saturated carbocycles. The standard InChI is InChI=1S/C15H16BrNO2/c1-9-3-5-14(13(16)7-9)17-10(2)12-8-11(18)4-6-15(12)19/h3-8,10,17-19H,1-2H3. The fourth-order valence-corrected chi connectivity index (χ4v) is 2.54. The summed E-state index contributed by atoms with van der Waals surface area (Å²) < 4.78 is 0.971. The van der Waals surface area contributed by atoms with E-state index in [0.717, 1.165) is 10.2 Å². The molecule has 0 radical (unpaired) electrons. The zero-order chi connectivity index (χ0) is 14.0. The average molecular weight is 322 g/mol. The average Bonchev–Trinajstić information content (AvgIpc) is 2.35. The number of phenolic OH excluding ortho intramolecular Hbond substituents is 2. The summed E-state index contributed by atoms with van der Waals surface area (Å²) >= 11 is 3.51. The molecule has 19 heavy (non-hydrogen) atoms. The molecule has 0 bridgehead atoms. The number of aryl methyl sites for hydroxylation is 1. The number of benzene rings is 2. The maximum absolute atomic E-state index is 9.83. The molecule has 2 aromatic carbocycles. The Balaban J connectivity index is 2.25. The minimum atomic E-state index is -0.119. The summed E-state index contributed by atoms with van der Waals surface area (Å²) in [7, 11) is 0. The predicted octanol–water partition coefficient (Wildman–Crippen LogP) is 4.34. The van der Waals surface area contributed by atoms with E-state index in [1.165, 1.54) is 17.7 Å². The zero-order valence-electron chi connectivity index (χ0n) is 10.8. The van der Waals surface area contributed by atoms with Gasteiger partial charge in [0, 0.05) is 15.7 Å². The number of hydrogen-bond acceptors (Lipinski definition) is 3. The Morgan fingerprint density at radius 2 is 1.84 bits per heavy atom. The van der Waals surface area contributed by atoms with Crippen molar-refractivity contribution in [3.8, 4) is 11.5 Å². The first-order chi connectivity index (χ1) is 8.97. The molecule has 4 heteroatoms. The van der Waals surface area contributed by atoms with Crippen molar-refractivity contribution in [1.82, 2.24) is 0 Å². The van der Waals surface area contributed by atoms with Crippen LogP contribution in [-0.4, -0.2) is 10.2 Å². The van der Waals surface area contributed by atoms with E-state index < -0.39 is 0 Å². The zero-order valence-corrected chi connectivity index (χ0v) is 12.4. The third kappa shape index (κ3) is 3.20. The molecule has 1 unspecified atom stereocenters. The predicted molar refractivity (Wildman–Crippen MR) is 80.7 cm³/mol. The topological polar surface area (TPSA) is 52.5 Å². The highest BCUT2D eigenvalue weighted by atomic mass is 79.9. The van der Waals surface area contributed by atoms with Gasteiger partial charge in [0.15, 0.2) is 0 Å². The molecule has 0 aliphatic rings. The fourth-order valence-electron chi connectivity index (χ4n) is 1.94. The van der Waals surface area contributed by atoms with Gasteiger partial charge in [0.05, 0.1) is 6.04 Å². The summed E-state index contributed by atoms with van der Waals surface area (Å²) in [6.45, 7) is 3.96. The van der Waals surface area contributed by atoms with Gasteiger partial charge >= 0.3 is 0 Å². The van der Waals surface area contributed by atoms with Crippen molar-refractivity contribution in [1.29, 1.82) is 0 Å². The van der Waals surface area contributed by atoms with Crippen molar-refractivity contribution in [3.05, 3.63) is 52.0 Å². The molecule has 0 saturated heterocycles. The Morgan fingerprint density at radius 1 is 1.11 bits per heavy atom. The molecule has 0 spiro atoms. The van der Waals surface area contributed by atoms with Crippen LogP contribution in [0.15, 0.2) is 40.9 Å². The second kappa shape index (κ2) is 5.53. The highest BCUT2D eigenvalue weighted by molar-refractivity contribution is 9.10. The van der Waals surface area contributed by atoms with Crippen LogP contribution in [0.2, 0.25) is 0 Å². The number of anilines is 1. The molecular weight excluding hydrogens is 306 g/mol. The monoisotopic (exact) mass is 321 g/mol. The van der Waals surface area contributed by atoms with Crippen molar-refractivity contribution in [2.24, 2.45) is 0 Å². The normalized spacial score (nSPS) is 12.2. The summed E-state index contributed by atoms with van der Waals surface area (Å²) in [6, 6.07) is 10.4. The van der Waals surface area contributed by atoms with Gasteiger partial charge in [0.1, 0.15) is 11.5 Å². The van der Waals surface area contributed by atoms with E-state index in [2.05, 4.69) is 21.2 Å². The van der Waals surface area contributed by atoms with E-state index in [-0.39, 0.29) is 17.5 Å². The second-order valence-electron chi connectivity index (χ2n) is 4.59. The van der Waals surface area contributed by atoms with Crippen LogP contribution in [0.3, 0.4) is 0 Å². The van der Waals surface area contributed by atoms with Crippen molar-refractivity contribution in [2.75, 3.05) is 5.32 Å². The fraction of sp³-hybridized carbons (Fsp3) is 0.200. The van der Waals surface area contributed by atoms with E-state index in [9.17, 15) is 10.2 Å². The molecule has 0 aromatic heterocycles. The lowest BCUT2D eigenvalue weighted by atomic mass is 10.1. The molecule has 0 aliphatic heterocycles. The van der Waals surface area contributed by atoms with Gasteiger partial charge in [-0.05, 0) is 65.7 Å². The van der Waals surface area contributed by atoms with Crippen LogP contribution in [0, 0.1) is 6.92 Å². The second-order valence-corrected chi connectivity index (χ2v) is 5.45. The van der Waals surface area contributed by atoms with Crippen LogP contribution < -0.4 is 5.32 Å². The third-order valence-corrected chi connectivity index (χ3v) is 3.63. The molecule has 0 heterocycles. The first-order valence-corrected chi connectivity index (χ1v) is 6.81. The lowest BCUT2D eigenvalue weighted by molar-refractivity contribution is 0.451. The van der Waals surface area contributed by atoms with Gasteiger partial charge in [-0.25, -0.2) is 0 Å². The summed E-state index contributed by atoms with van der Waals surface area (Å²) in [5, 5.41) is 22.6. The SMILES string of the molecule is Cc1ccc(NC(C)c2cc(O)ccc2O)c(Br)c1. The smallest absolute Gasteiger partial charge is 0.121 e. The largest absolute Gasteiger partial charge is 0.508 e. The Labute approximate surface area is 121 Å². The molecular formula is C15H16BrNO2. The lowest BCUT2D eigenvalue weighted by Crippen LogP contribution is -2.07. The highest BCUT2D eigenvalue weighted by Gasteiger charge is 2.12. The third-order valence-electron chi connectivity index (χ3n) is 2.97. The first-order valence-electron chi connectivity index (χ1n) is 6.02. The van der Waals surface area contributed by atoms with Crippen LogP contribution in [0.25, 0.3) is 0 Å². The summed E-state index contributed by atoms with van der Waals surface area (Å²) in [5.41, 5.74) is 2.78. The molecule has 0 fully saturated rings. The molecule has 3 N–H and O–H groups in total. The molecule has 3 nitrogen and oxygen atoms in total. The molecule has 2 rings (SSSR count). The Morgan fingerprint density at radius 3 is 2.53 bits per heavy atom. The van der Waals surface area contributed by atoms with Crippen LogP contribution in [0.4, 0.5) is 5.69 Å². The number of hydrogen-bond donors (Lipinski definition) is 3. The van der Waals surface area contributed by atoms with Crippen molar-refractivity contribution in [2.45, 2.75) is 19.9 Å². The maximum atomic E-state index is 9.83. The number of rotatable bonds is 3. The van der Waals surface area contributed by atoms with E-state index in [0.29, 0.717) is 5.56 Å². The summed E-state index contributed by atoms with van der Waals surface area (Å²) in [5.74, 6) is 0.311. The van der Waals surface area contributed by atoms with Crippen LogP contribution in [-0.2, 0) is 0 Å². The molecule has 0 aliphatic carbocycles. The van der Waals surface area contributed by atoms with E-state index in [1.807, 2.05) is 32.0 Å². The van der Waals surface area contributed by atoms with Crippen molar-refractivity contribution in [3.63, 3.8) is 0 Å². The van der Waals surface area contributed by atoms with E-state index in [1.54, 1.807) is 6.07 Å². The van der Waals surface area contributed by atoms with Crippen LogP contribution in [0.1, 0.15) is 24.1 Å². The van der Waals surface area contributed by atoms with Crippen molar-refractivity contribution >= 4 is 21.6 Å². The maximum Gasteiger partial charge on any atom is 0.121 e. The molecule has 1 atom stereocenters. The quantitative estimate of drug-likeness (QED) is 0.737. The van der Waals surface area contributed by atoms with E-state index in [4.69, 9.17) is 0 Å². The number of phenols is 2. The van der Waals surface area contributed by atoms with Gasteiger partial charge in [-0.1, -0.05) is 6.07 Å².